The van der Waals surface area contributed by atoms with Gasteiger partial charge in [-0.2, -0.15) is 0 Å². The van der Waals surface area contributed by atoms with Crippen LogP contribution in [-0.2, 0) is 0 Å². The molecule has 3 N–H and O–H groups in total. The lowest BCUT2D eigenvalue weighted by molar-refractivity contribution is 0.0696. The minimum atomic E-state index is -0.980. The van der Waals surface area contributed by atoms with Crippen molar-refractivity contribution in [2.45, 2.75) is 6.92 Å². The molecule has 0 bridgehead atoms. The molecule has 1 aromatic carbocycles. The predicted octanol–water partition coefficient (Wildman–Crippen LogP) is 1.28. The molecule has 1 aromatic rings. The van der Waals surface area contributed by atoms with Gasteiger partial charge in [0.1, 0.15) is 5.75 Å². The van der Waals surface area contributed by atoms with Gasteiger partial charge in [0.2, 0.25) is 0 Å². The Labute approximate surface area is 75.9 Å². The summed E-state index contributed by atoms with van der Waals surface area (Å²) in [5.41, 5.74) is 6.76. The Bertz CT molecular complexity index is 347. The third kappa shape index (κ3) is 1.56. The van der Waals surface area contributed by atoms with E-state index < -0.39 is 5.97 Å². The largest absolute Gasteiger partial charge is 0.495 e. The summed E-state index contributed by atoms with van der Waals surface area (Å²) in [5.74, 6) is -0.477. The van der Waals surface area contributed by atoms with Crippen molar-refractivity contribution in [3.05, 3.63) is 23.3 Å². The first-order valence-electron chi connectivity index (χ1n) is 3.74. The number of methoxy groups -OCH3 is 1. The highest BCUT2D eigenvalue weighted by atomic mass is 16.5. The number of nitrogens with two attached hydrogens (primary N) is 1. The average molecular weight is 181 g/mol. The number of rotatable bonds is 2. The van der Waals surface area contributed by atoms with Gasteiger partial charge in [-0.05, 0) is 24.6 Å². The zero-order chi connectivity index (χ0) is 10.0. The van der Waals surface area contributed by atoms with Gasteiger partial charge in [-0.3, -0.25) is 0 Å². The van der Waals surface area contributed by atoms with E-state index in [2.05, 4.69) is 0 Å². The van der Waals surface area contributed by atoms with E-state index in [0.717, 1.165) is 0 Å². The molecule has 70 valence electrons. The summed E-state index contributed by atoms with van der Waals surface area (Å²) >= 11 is 0. The fraction of sp³-hybridized carbons (Fsp3) is 0.222. The lowest BCUT2D eigenvalue weighted by Crippen LogP contribution is -2.04. The number of aromatic carboxylic acids is 1. The Hall–Kier alpha value is -1.71. The van der Waals surface area contributed by atoms with Crippen LogP contribution in [-0.4, -0.2) is 18.2 Å². The van der Waals surface area contributed by atoms with Gasteiger partial charge >= 0.3 is 5.97 Å². The number of nitrogen functional groups attached to an aromatic ring is 1. The van der Waals surface area contributed by atoms with Crippen molar-refractivity contribution in [2.24, 2.45) is 0 Å². The van der Waals surface area contributed by atoms with Gasteiger partial charge < -0.3 is 15.6 Å². The molecule has 0 spiro atoms. The maximum atomic E-state index is 10.7. The highest BCUT2D eigenvalue weighted by molar-refractivity contribution is 5.91. The number of anilines is 1. The van der Waals surface area contributed by atoms with E-state index in [1.165, 1.54) is 13.2 Å². The second-order valence-corrected chi connectivity index (χ2v) is 2.66. The summed E-state index contributed by atoms with van der Waals surface area (Å²) < 4.78 is 4.94. The Balaban J connectivity index is 3.31. The van der Waals surface area contributed by atoms with Crippen LogP contribution in [0.5, 0.6) is 5.75 Å². The molecule has 0 aromatic heterocycles. The standard InChI is InChI=1S/C9H11NO3/c1-5-6(9(11)12)3-4-7(13-2)8(5)10/h3-4H,10H2,1-2H3,(H,11,12). The van der Waals surface area contributed by atoms with Crippen molar-refractivity contribution in [1.82, 2.24) is 0 Å². The number of hydrogen-bond donors (Lipinski definition) is 2. The first-order chi connectivity index (χ1) is 6.07. The van der Waals surface area contributed by atoms with Crippen LogP contribution in [0.1, 0.15) is 15.9 Å². The zero-order valence-corrected chi connectivity index (χ0v) is 7.50. The highest BCUT2D eigenvalue weighted by Gasteiger charge is 2.11. The Morgan fingerprint density at radius 2 is 2.15 bits per heavy atom. The lowest BCUT2D eigenvalue weighted by atomic mass is 10.1. The third-order valence-corrected chi connectivity index (χ3v) is 1.93. The minimum absolute atomic E-state index is 0.207. The maximum Gasteiger partial charge on any atom is 0.336 e. The SMILES string of the molecule is COc1ccc(C(=O)O)c(C)c1N. The zero-order valence-electron chi connectivity index (χ0n) is 7.50. The summed E-state index contributed by atoms with van der Waals surface area (Å²) in [6.45, 7) is 1.65. The number of carbonyl (C=O) groups is 1. The van der Waals surface area contributed by atoms with E-state index in [1.807, 2.05) is 0 Å². The van der Waals surface area contributed by atoms with Gasteiger partial charge in [-0.15, -0.1) is 0 Å². The summed E-state index contributed by atoms with van der Waals surface area (Å²) in [4.78, 5) is 10.7. The van der Waals surface area contributed by atoms with E-state index >= 15 is 0 Å². The van der Waals surface area contributed by atoms with Crippen molar-refractivity contribution in [1.29, 1.82) is 0 Å². The molecule has 4 heteroatoms. The molecule has 0 unspecified atom stereocenters. The van der Waals surface area contributed by atoms with E-state index in [0.29, 0.717) is 17.0 Å². The first-order valence-corrected chi connectivity index (χ1v) is 3.74. The number of carboxylic acid groups (broad SMARTS) is 1. The lowest BCUT2D eigenvalue weighted by Gasteiger charge is -2.08. The molecule has 0 heterocycles. The molecule has 0 saturated carbocycles. The van der Waals surface area contributed by atoms with Crippen LogP contribution in [0, 0.1) is 6.92 Å². The molecule has 0 atom stereocenters. The summed E-state index contributed by atoms with van der Waals surface area (Å²) in [5, 5.41) is 8.76. The van der Waals surface area contributed by atoms with Crippen LogP contribution >= 0.6 is 0 Å². The Morgan fingerprint density at radius 1 is 1.54 bits per heavy atom. The smallest absolute Gasteiger partial charge is 0.336 e. The fourth-order valence-corrected chi connectivity index (χ4v) is 1.11. The van der Waals surface area contributed by atoms with Crippen LogP contribution in [0.25, 0.3) is 0 Å². The van der Waals surface area contributed by atoms with Gasteiger partial charge in [-0.25, -0.2) is 4.79 Å². The van der Waals surface area contributed by atoms with E-state index in [9.17, 15) is 4.79 Å². The van der Waals surface area contributed by atoms with Gasteiger partial charge in [0.15, 0.2) is 0 Å². The van der Waals surface area contributed by atoms with Crippen LogP contribution in [0.2, 0.25) is 0 Å². The molecule has 1 rings (SSSR count). The van der Waals surface area contributed by atoms with Crippen molar-refractivity contribution in [3.63, 3.8) is 0 Å². The van der Waals surface area contributed by atoms with Crippen molar-refractivity contribution < 1.29 is 14.6 Å². The van der Waals surface area contributed by atoms with Crippen molar-refractivity contribution >= 4 is 11.7 Å². The molecule has 0 aliphatic heterocycles. The van der Waals surface area contributed by atoms with Gasteiger partial charge in [0, 0.05) is 0 Å². The monoisotopic (exact) mass is 181 g/mol. The quantitative estimate of drug-likeness (QED) is 0.674. The molecule has 0 aliphatic carbocycles. The normalized spacial score (nSPS) is 9.69. The molecule has 0 radical (unpaired) electrons. The first kappa shape index (κ1) is 9.38. The number of hydrogen-bond acceptors (Lipinski definition) is 3. The summed E-state index contributed by atoms with van der Waals surface area (Å²) in [6, 6.07) is 3.03. The highest BCUT2D eigenvalue weighted by Crippen LogP contribution is 2.27. The Morgan fingerprint density at radius 3 is 2.62 bits per heavy atom. The molecule has 4 nitrogen and oxygen atoms in total. The summed E-state index contributed by atoms with van der Waals surface area (Å²) in [6.07, 6.45) is 0. The molecular weight excluding hydrogens is 170 g/mol. The van der Waals surface area contributed by atoms with Gasteiger partial charge in [0.05, 0.1) is 18.4 Å². The third-order valence-electron chi connectivity index (χ3n) is 1.93. The molecule has 0 fully saturated rings. The van der Waals surface area contributed by atoms with Crippen molar-refractivity contribution in [3.8, 4) is 5.75 Å². The van der Waals surface area contributed by atoms with Crippen LogP contribution in [0.15, 0.2) is 12.1 Å². The molecule has 13 heavy (non-hydrogen) atoms. The summed E-state index contributed by atoms with van der Waals surface area (Å²) in [7, 11) is 1.49. The number of ether oxygens (including phenoxy) is 1. The van der Waals surface area contributed by atoms with E-state index in [1.54, 1.807) is 13.0 Å². The topological polar surface area (TPSA) is 72.5 Å². The van der Waals surface area contributed by atoms with Crippen LogP contribution < -0.4 is 10.5 Å². The average Bonchev–Trinajstić information content (AvgIpc) is 2.09. The number of carboxylic acids is 1. The van der Waals surface area contributed by atoms with Crippen LogP contribution in [0.4, 0.5) is 5.69 Å². The molecule has 0 aliphatic rings. The predicted molar refractivity (Wildman–Crippen MR) is 49.1 cm³/mol. The van der Waals surface area contributed by atoms with E-state index in [-0.39, 0.29) is 5.56 Å². The van der Waals surface area contributed by atoms with Gasteiger partial charge in [-0.1, -0.05) is 0 Å². The Kier molecular flexibility index (Phi) is 2.41. The molecule has 0 amide bonds. The van der Waals surface area contributed by atoms with Gasteiger partial charge in [0.25, 0.3) is 0 Å². The van der Waals surface area contributed by atoms with E-state index in [4.69, 9.17) is 15.6 Å². The second kappa shape index (κ2) is 3.35. The van der Waals surface area contributed by atoms with Crippen molar-refractivity contribution in [2.75, 3.05) is 12.8 Å². The maximum absolute atomic E-state index is 10.7. The minimum Gasteiger partial charge on any atom is -0.495 e. The molecule has 0 saturated heterocycles. The number of benzene rings is 1. The van der Waals surface area contributed by atoms with Crippen LogP contribution in [0.3, 0.4) is 0 Å². The molecular formula is C9H11NO3. The fourth-order valence-electron chi connectivity index (χ4n) is 1.11. The second-order valence-electron chi connectivity index (χ2n) is 2.66.